The molecule has 1 amide bonds. The van der Waals surface area contributed by atoms with Crippen molar-refractivity contribution in [1.29, 1.82) is 0 Å². The Bertz CT molecular complexity index is 839. The van der Waals surface area contributed by atoms with Crippen molar-refractivity contribution in [2.45, 2.75) is 19.6 Å². The maximum Gasteiger partial charge on any atom is 0.251 e. The van der Waals surface area contributed by atoms with E-state index in [-0.39, 0.29) is 30.7 Å². The molecule has 3 heterocycles. The van der Waals surface area contributed by atoms with Crippen molar-refractivity contribution in [3.05, 3.63) is 59.7 Å². The predicted molar refractivity (Wildman–Crippen MR) is 104 cm³/mol. The summed E-state index contributed by atoms with van der Waals surface area (Å²) in [5.74, 6) is 0.631. The van der Waals surface area contributed by atoms with Crippen LogP contribution in [-0.4, -0.2) is 32.2 Å². The smallest absolute Gasteiger partial charge is 0.251 e. The predicted octanol–water partition coefficient (Wildman–Crippen LogP) is 2.15. The first kappa shape index (κ1) is 20.0. The van der Waals surface area contributed by atoms with Crippen molar-refractivity contribution in [3.63, 3.8) is 0 Å². The summed E-state index contributed by atoms with van der Waals surface area (Å²) in [6, 6.07) is 9.44. The van der Waals surface area contributed by atoms with E-state index in [1.807, 2.05) is 28.9 Å². The fourth-order valence-electron chi connectivity index (χ4n) is 2.84. The normalized spacial score (nSPS) is 12.5. The van der Waals surface area contributed by atoms with E-state index in [1.54, 1.807) is 18.5 Å². The Kier molecular flexibility index (Phi) is 6.79. The standard InChI is InChI=1S/C17H18N6O.2ClH/c24-17(13-3-1-2-12(8-13)16-19-4-5-20-16)21-10-14-9-15-11-18-6-7-23(15)22-14;;/h1-5,8-9,18H,6-7,10-11H2,(H,19,20)(H,21,24);2*1H. The summed E-state index contributed by atoms with van der Waals surface area (Å²) in [4.78, 5) is 19.6. The molecule has 0 saturated heterocycles. The SMILES string of the molecule is Cl.Cl.O=C(NCc1cc2n(n1)CCNC2)c1cccc(-c2ncc[nH]2)c1. The number of hydrogen-bond acceptors (Lipinski definition) is 4. The molecule has 0 spiro atoms. The molecule has 0 atom stereocenters. The quantitative estimate of drug-likeness (QED) is 0.632. The Hall–Kier alpha value is -2.35. The fourth-order valence-corrected chi connectivity index (χ4v) is 2.84. The molecule has 3 aromatic rings. The molecular weight excluding hydrogens is 375 g/mol. The number of aromatic amines is 1. The number of halogens is 2. The molecule has 138 valence electrons. The number of amides is 1. The zero-order chi connectivity index (χ0) is 16.4. The van der Waals surface area contributed by atoms with E-state index in [0.29, 0.717) is 12.1 Å². The van der Waals surface area contributed by atoms with E-state index >= 15 is 0 Å². The third-order valence-corrected chi connectivity index (χ3v) is 4.05. The van der Waals surface area contributed by atoms with Crippen LogP contribution in [0.5, 0.6) is 0 Å². The fraction of sp³-hybridized carbons (Fsp3) is 0.235. The van der Waals surface area contributed by atoms with Gasteiger partial charge in [0.25, 0.3) is 5.91 Å². The third-order valence-electron chi connectivity index (χ3n) is 4.05. The van der Waals surface area contributed by atoms with Gasteiger partial charge in [-0.3, -0.25) is 9.48 Å². The molecule has 0 saturated carbocycles. The molecule has 4 rings (SSSR count). The summed E-state index contributed by atoms with van der Waals surface area (Å²) in [5.41, 5.74) is 3.53. The lowest BCUT2D eigenvalue weighted by molar-refractivity contribution is 0.0950. The lowest BCUT2D eigenvalue weighted by Gasteiger charge is -2.13. The molecule has 26 heavy (non-hydrogen) atoms. The molecule has 0 aliphatic carbocycles. The number of carbonyl (C=O) groups excluding carboxylic acids is 1. The monoisotopic (exact) mass is 394 g/mol. The van der Waals surface area contributed by atoms with Crippen LogP contribution < -0.4 is 10.6 Å². The summed E-state index contributed by atoms with van der Waals surface area (Å²) in [7, 11) is 0. The van der Waals surface area contributed by atoms with Crippen molar-refractivity contribution < 1.29 is 4.79 Å². The summed E-state index contributed by atoms with van der Waals surface area (Å²) < 4.78 is 2.00. The number of hydrogen-bond donors (Lipinski definition) is 3. The highest BCUT2D eigenvalue weighted by molar-refractivity contribution is 5.95. The van der Waals surface area contributed by atoms with Gasteiger partial charge in [0.2, 0.25) is 0 Å². The molecule has 1 aromatic carbocycles. The number of H-pyrrole nitrogens is 1. The van der Waals surface area contributed by atoms with Crippen molar-refractivity contribution in [2.75, 3.05) is 6.54 Å². The zero-order valence-electron chi connectivity index (χ0n) is 13.9. The summed E-state index contributed by atoms with van der Waals surface area (Å²) >= 11 is 0. The van der Waals surface area contributed by atoms with E-state index in [2.05, 4.69) is 25.7 Å². The molecule has 0 fully saturated rings. The summed E-state index contributed by atoms with van der Waals surface area (Å²) in [6.07, 6.45) is 3.45. The lowest BCUT2D eigenvalue weighted by Crippen LogP contribution is -2.28. The van der Waals surface area contributed by atoms with Crippen LogP contribution in [0.15, 0.2) is 42.7 Å². The third kappa shape index (κ3) is 4.24. The molecule has 7 nitrogen and oxygen atoms in total. The van der Waals surface area contributed by atoms with Crippen LogP contribution in [0.25, 0.3) is 11.4 Å². The largest absolute Gasteiger partial charge is 0.346 e. The van der Waals surface area contributed by atoms with Crippen LogP contribution in [0.3, 0.4) is 0 Å². The molecule has 0 radical (unpaired) electrons. The molecule has 2 aromatic heterocycles. The number of benzene rings is 1. The Morgan fingerprint density at radius 1 is 1.27 bits per heavy atom. The Labute approximate surface area is 163 Å². The minimum atomic E-state index is -0.118. The first-order chi connectivity index (χ1) is 11.8. The first-order valence-electron chi connectivity index (χ1n) is 7.94. The molecule has 0 unspecified atom stereocenters. The van der Waals surface area contributed by atoms with E-state index in [4.69, 9.17) is 0 Å². The van der Waals surface area contributed by atoms with Crippen LogP contribution in [-0.2, 0) is 19.6 Å². The number of carbonyl (C=O) groups is 1. The van der Waals surface area contributed by atoms with Gasteiger partial charge in [0, 0.05) is 36.6 Å². The van der Waals surface area contributed by atoms with Gasteiger partial charge in [0.1, 0.15) is 5.82 Å². The van der Waals surface area contributed by atoms with Gasteiger partial charge in [-0.2, -0.15) is 5.10 Å². The van der Waals surface area contributed by atoms with Gasteiger partial charge < -0.3 is 15.6 Å². The second-order valence-electron chi connectivity index (χ2n) is 5.73. The highest BCUT2D eigenvalue weighted by atomic mass is 35.5. The average molecular weight is 395 g/mol. The highest BCUT2D eigenvalue weighted by Gasteiger charge is 2.13. The van der Waals surface area contributed by atoms with E-state index in [1.165, 1.54) is 0 Å². The van der Waals surface area contributed by atoms with E-state index in [0.717, 1.165) is 42.4 Å². The second kappa shape index (κ2) is 8.84. The van der Waals surface area contributed by atoms with Gasteiger partial charge in [-0.05, 0) is 18.2 Å². The maximum atomic E-state index is 12.4. The first-order valence-corrected chi connectivity index (χ1v) is 7.94. The summed E-state index contributed by atoms with van der Waals surface area (Å²) in [5, 5.41) is 10.8. The molecule has 9 heteroatoms. The van der Waals surface area contributed by atoms with Gasteiger partial charge in [0.05, 0.1) is 24.5 Å². The molecule has 3 N–H and O–H groups in total. The van der Waals surface area contributed by atoms with Gasteiger partial charge in [0.15, 0.2) is 0 Å². The minimum absolute atomic E-state index is 0. The average Bonchev–Trinajstić information content (AvgIpc) is 3.29. The highest BCUT2D eigenvalue weighted by Crippen LogP contribution is 2.16. The number of rotatable bonds is 4. The molecule has 0 bridgehead atoms. The molecule has 1 aliphatic heterocycles. The van der Waals surface area contributed by atoms with Crippen LogP contribution >= 0.6 is 24.8 Å². The van der Waals surface area contributed by atoms with Crippen molar-refractivity contribution in [2.24, 2.45) is 0 Å². The van der Waals surface area contributed by atoms with Gasteiger partial charge in [-0.1, -0.05) is 12.1 Å². The topological polar surface area (TPSA) is 87.6 Å². The number of imidazole rings is 1. The number of fused-ring (bicyclic) bond motifs is 1. The number of nitrogens with one attached hydrogen (secondary N) is 3. The van der Waals surface area contributed by atoms with Gasteiger partial charge >= 0.3 is 0 Å². The van der Waals surface area contributed by atoms with Gasteiger partial charge in [-0.25, -0.2) is 4.98 Å². The minimum Gasteiger partial charge on any atom is -0.346 e. The van der Waals surface area contributed by atoms with Crippen LogP contribution in [0, 0.1) is 0 Å². The molecule has 1 aliphatic rings. The number of aromatic nitrogens is 4. The van der Waals surface area contributed by atoms with Crippen molar-refractivity contribution in [1.82, 2.24) is 30.4 Å². The molecular formula is C17H20Cl2N6O. The Morgan fingerprint density at radius 2 is 2.15 bits per heavy atom. The van der Waals surface area contributed by atoms with E-state index < -0.39 is 0 Å². The summed E-state index contributed by atoms with van der Waals surface area (Å²) in [6.45, 7) is 3.05. The Morgan fingerprint density at radius 3 is 2.92 bits per heavy atom. The van der Waals surface area contributed by atoms with Crippen LogP contribution in [0.4, 0.5) is 0 Å². The van der Waals surface area contributed by atoms with Crippen LogP contribution in [0.2, 0.25) is 0 Å². The number of nitrogens with zero attached hydrogens (tertiary/aromatic N) is 3. The van der Waals surface area contributed by atoms with Gasteiger partial charge in [-0.15, -0.1) is 24.8 Å². The van der Waals surface area contributed by atoms with Crippen LogP contribution in [0.1, 0.15) is 21.7 Å². The second-order valence-corrected chi connectivity index (χ2v) is 5.73. The maximum absolute atomic E-state index is 12.4. The Balaban J connectivity index is 0.00000121. The van der Waals surface area contributed by atoms with E-state index in [9.17, 15) is 4.79 Å². The van der Waals surface area contributed by atoms with Crippen molar-refractivity contribution in [3.8, 4) is 11.4 Å². The zero-order valence-corrected chi connectivity index (χ0v) is 15.6. The van der Waals surface area contributed by atoms with Crippen molar-refractivity contribution >= 4 is 30.7 Å². The lowest BCUT2D eigenvalue weighted by atomic mass is 10.1.